The second-order valence-corrected chi connectivity index (χ2v) is 7.99. The Hall–Kier alpha value is -2.64. The Morgan fingerprint density at radius 3 is 2.68 bits per heavy atom. The molecule has 140 valence electrons. The number of rotatable bonds is 6. The molecule has 0 bridgehead atoms. The van der Waals surface area contributed by atoms with E-state index in [2.05, 4.69) is 32.3 Å². The molecule has 0 radical (unpaired) electrons. The molecule has 0 aliphatic heterocycles. The molecule has 5 rings (SSSR count). The van der Waals surface area contributed by atoms with Crippen molar-refractivity contribution in [3.8, 4) is 11.6 Å². The van der Waals surface area contributed by atoms with E-state index in [4.69, 9.17) is 16.0 Å². The van der Waals surface area contributed by atoms with Gasteiger partial charge in [0.2, 0.25) is 5.82 Å². The highest BCUT2D eigenvalue weighted by molar-refractivity contribution is 7.99. The van der Waals surface area contributed by atoms with Crippen molar-refractivity contribution in [2.75, 3.05) is 0 Å². The van der Waals surface area contributed by atoms with E-state index in [0.717, 1.165) is 34.4 Å². The predicted octanol–water partition coefficient (Wildman–Crippen LogP) is 5.06. The fourth-order valence-electron chi connectivity index (χ4n) is 2.94. The summed E-state index contributed by atoms with van der Waals surface area (Å²) in [4.78, 5) is 9.03. The molecule has 0 saturated heterocycles. The maximum absolute atomic E-state index is 6.22. The van der Waals surface area contributed by atoms with Crippen LogP contribution in [0.5, 0.6) is 0 Å². The average Bonchev–Trinajstić information content (AvgIpc) is 3.29. The second-order valence-electron chi connectivity index (χ2n) is 6.62. The monoisotopic (exact) mass is 409 g/mol. The summed E-state index contributed by atoms with van der Waals surface area (Å²) in [5, 5.41) is 10.7. The second kappa shape index (κ2) is 7.41. The van der Waals surface area contributed by atoms with E-state index in [-0.39, 0.29) is 0 Å². The van der Waals surface area contributed by atoms with Gasteiger partial charge in [0, 0.05) is 12.0 Å². The van der Waals surface area contributed by atoms with Crippen molar-refractivity contribution in [2.24, 2.45) is 0 Å². The summed E-state index contributed by atoms with van der Waals surface area (Å²) in [6.07, 6.45) is 3.88. The van der Waals surface area contributed by atoms with E-state index in [9.17, 15) is 0 Å². The normalized spacial score (nSPS) is 13.8. The fraction of sp³-hybridized carbons (Fsp3) is 0.200. The summed E-state index contributed by atoms with van der Waals surface area (Å²) >= 11 is 7.66. The van der Waals surface area contributed by atoms with E-state index in [1.54, 1.807) is 12.3 Å². The molecular weight excluding hydrogens is 394 g/mol. The lowest BCUT2D eigenvalue weighted by molar-refractivity contribution is 0.569. The molecule has 0 unspecified atom stereocenters. The van der Waals surface area contributed by atoms with Crippen molar-refractivity contribution in [2.45, 2.75) is 35.5 Å². The number of nitrogens with zero attached hydrogens (tertiary/aromatic N) is 5. The lowest BCUT2D eigenvalue weighted by Crippen LogP contribution is -2.04. The third-order valence-electron chi connectivity index (χ3n) is 4.47. The third-order valence-corrected chi connectivity index (χ3v) is 5.57. The number of hydrogen-bond donors (Lipinski definition) is 0. The standard InChI is InChI=1S/C20H16ClN5OS/c21-16-11-17(23-18(22-16)14-8-9-14)28-20-25-24-19(15-7-4-10-27-15)26(20)12-13-5-2-1-3-6-13/h1-7,10-11,14H,8-9,12H2. The van der Waals surface area contributed by atoms with Gasteiger partial charge in [0.25, 0.3) is 0 Å². The molecule has 8 heteroatoms. The minimum Gasteiger partial charge on any atom is -0.461 e. The van der Waals surface area contributed by atoms with Gasteiger partial charge < -0.3 is 4.42 Å². The first-order chi connectivity index (χ1) is 13.8. The smallest absolute Gasteiger partial charge is 0.200 e. The highest BCUT2D eigenvalue weighted by atomic mass is 35.5. The average molecular weight is 410 g/mol. The van der Waals surface area contributed by atoms with Gasteiger partial charge in [-0.15, -0.1) is 10.2 Å². The van der Waals surface area contributed by atoms with Crippen LogP contribution in [0.2, 0.25) is 5.15 Å². The number of aromatic nitrogens is 5. The van der Waals surface area contributed by atoms with Crippen molar-refractivity contribution in [3.63, 3.8) is 0 Å². The van der Waals surface area contributed by atoms with E-state index in [0.29, 0.717) is 29.2 Å². The van der Waals surface area contributed by atoms with Crippen molar-refractivity contribution in [1.29, 1.82) is 0 Å². The minimum atomic E-state index is 0.430. The highest BCUT2D eigenvalue weighted by Gasteiger charge is 2.27. The maximum atomic E-state index is 6.22. The Morgan fingerprint density at radius 1 is 1.07 bits per heavy atom. The molecular formula is C20H16ClN5OS. The Bertz CT molecular complexity index is 1090. The van der Waals surface area contributed by atoms with Crippen molar-refractivity contribution in [1.82, 2.24) is 24.7 Å². The summed E-state index contributed by atoms with van der Waals surface area (Å²) in [6, 6.07) is 15.7. The van der Waals surface area contributed by atoms with Crippen LogP contribution in [-0.4, -0.2) is 24.7 Å². The zero-order chi connectivity index (χ0) is 18.9. The predicted molar refractivity (Wildman–Crippen MR) is 106 cm³/mol. The van der Waals surface area contributed by atoms with Crippen LogP contribution < -0.4 is 0 Å². The van der Waals surface area contributed by atoms with E-state index in [1.165, 1.54) is 11.8 Å². The van der Waals surface area contributed by atoms with Gasteiger partial charge in [0.05, 0.1) is 12.8 Å². The lowest BCUT2D eigenvalue weighted by Gasteiger charge is -2.09. The Labute approximate surface area is 171 Å². The van der Waals surface area contributed by atoms with Gasteiger partial charge in [-0.25, -0.2) is 9.97 Å². The van der Waals surface area contributed by atoms with Gasteiger partial charge in [-0.3, -0.25) is 4.57 Å². The summed E-state index contributed by atoms with van der Waals surface area (Å²) in [5.41, 5.74) is 1.15. The molecule has 4 aromatic rings. The molecule has 0 N–H and O–H groups in total. The number of halogens is 1. The fourth-order valence-corrected chi connectivity index (χ4v) is 4.04. The van der Waals surface area contributed by atoms with Crippen LogP contribution in [0.25, 0.3) is 11.6 Å². The largest absolute Gasteiger partial charge is 0.461 e. The molecule has 0 spiro atoms. The molecule has 1 aliphatic rings. The van der Waals surface area contributed by atoms with Crippen LogP contribution in [-0.2, 0) is 6.54 Å². The van der Waals surface area contributed by atoms with Crippen LogP contribution in [0.15, 0.2) is 69.4 Å². The molecule has 3 aromatic heterocycles. The van der Waals surface area contributed by atoms with Crippen molar-refractivity contribution < 1.29 is 4.42 Å². The van der Waals surface area contributed by atoms with Gasteiger partial charge in [-0.05, 0) is 42.3 Å². The first kappa shape index (κ1) is 17.5. The van der Waals surface area contributed by atoms with Crippen LogP contribution in [0, 0.1) is 0 Å². The SMILES string of the molecule is Clc1cc(Sc2nnc(-c3ccco3)n2Cc2ccccc2)nc(C2CC2)n1. The van der Waals surface area contributed by atoms with Crippen molar-refractivity contribution in [3.05, 3.63) is 71.3 Å². The summed E-state index contributed by atoms with van der Waals surface area (Å²) in [5.74, 6) is 2.60. The van der Waals surface area contributed by atoms with E-state index < -0.39 is 0 Å². The van der Waals surface area contributed by atoms with Crippen LogP contribution in [0.1, 0.15) is 30.1 Å². The van der Waals surface area contributed by atoms with Gasteiger partial charge in [-0.1, -0.05) is 41.9 Å². The molecule has 1 aliphatic carbocycles. The quantitative estimate of drug-likeness (QED) is 0.414. The topological polar surface area (TPSA) is 69.6 Å². The molecule has 0 amide bonds. The first-order valence-electron chi connectivity index (χ1n) is 8.99. The third kappa shape index (κ3) is 3.68. The molecule has 0 atom stereocenters. The maximum Gasteiger partial charge on any atom is 0.200 e. The molecule has 6 nitrogen and oxygen atoms in total. The molecule has 1 fully saturated rings. The Kier molecular flexibility index (Phi) is 4.62. The van der Waals surface area contributed by atoms with Gasteiger partial charge in [0.15, 0.2) is 10.9 Å². The Balaban J connectivity index is 1.52. The highest BCUT2D eigenvalue weighted by Crippen LogP contribution is 2.39. The molecule has 3 heterocycles. The van der Waals surface area contributed by atoms with Crippen molar-refractivity contribution >= 4 is 23.4 Å². The van der Waals surface area contributed by atoms with Crippen LogP contribution in [0.3, 0.4) is 0 Å². The molecule has 28 heavy (non-hydrogen) atoms. The van der Waals surface area contributed by atoms with Crippen LogP contribution >= 0.6 is 23.4 Å². The minimum absolute atomic E-state index is 0.430. The first-order valence-corrected chi connectivity index (χ1v) is 10.2. The number of benzene rings is 1. The van der Waals surface area contributed by atoms with Crippen LogP contribution in [0.4, 0.5) is 0 Å². The number of furan rings is 1. The Morgan fingerprint density at radius 2 is 1.93 bits per heavy atom. The molecule has 1 saturated carbocycles. The van der Waals surface area contributed by atoms with Gasteiger partial charge >= 0.3 is 0 Å². The van der Waals surface area contributed by atoms with Gasteiger partial charge in [0.1, 0.15) is 16.0 Å². The zero-order valence-corrected chi connectivity index (χ0v) is 16.4. The summed E-state index contributed by atoms with van der Waals surface area (Å²) in [7, 11) is 0. The number of hydrogen-bond acceptors (Lipinski definition) is 6. The van der Waals surface area contributed by atoms with E-state index in [1.807, 2.05) is 34.9 Å². The molecule has 1 aromatic carbocycles. The summed E-state index contributed by atoms with van der Waals surface area (Å²) in [6.45, 7) is 0.626. The lowest BCUT2D eigenvalue weighted by atomic mass is 10.2. The summed E-state index contributed by atoms with van der Waals surface area (Å²) < 4.78 is 7.59. The zero-order valence-electron chi connectivity index (χ0n) is 14.8. The van der Waals surface area contributed by atoms with E-state index >= 15 is 0 Å². The van der Waals surface area contributed by atoms with Gasteiger partial charge in [-0.2, -0.15) is 0 Å².